The first-order valence-corrected chi connectivity index (χ1v) is 9.01. The Morgan fingerprint density at radius 3 is 2.38 bits per heavy atom. The number of carbonyl (C=O) groups excluding carboxylic acids is 2. The Bertz CT molecular complexity index is 778. The van der Waals surface area contributed by atoms with Gasteiger partial charge in [-0.25, -0.2) is 0 Å². The number of hydrogen-bond acceptors (Lipinski definition) is 3. The van der Waals surface area contributed by atoms with Crippen LogP contribution in [0.25, 0.3) is 0 Å². The van der Waals surface area contributed by atoms with Gasteiger partial charge in [-0.05, 0) is 37.5 Å². The summed E-state index contributed by atoms with van der Waals surface area (Å²) in [6, 6.07) is 15.3. The van der Waals surface area contributed by atoms with E-state index < -0.39 is 0 Å². The number of anilines is 1. The summed E-state index contributed by atoms with van der Waals surface area (Å²) >= 11 is 0. The topological polar surface area (TPSA) is 75.4 Å². The van der Waals surface area contributed by atoms with E-state index in [4.69, 9.17) is 5.73 Å². The van der Waals surface area contributed by atoms with Gasteiger partial charge in [-0.3, -0.25) is 9.59 Å². The number of benzene rings is 2. The van der Waals surface area contributed by atoms with Gasteiger partial charge in [-0.15, -0.1) is 0 Å². The highest BCUT2D eigenvalue weighted by Crippen LogP contribution is 2.21. The van der Waals surface area contributed by atoms with Crippen LogP contribution in [0, 0.1) is 12.8 Å². The summed E-state index contributed by atoms with van der Waals surface area (Å²) in [7, 11) is 0. The van der Waals surface area contributed by atoms with Gasteiger partial charge in [0, 0.05) is 31.2 Å². The molecule has 0 aromatic heterocycles. The molecule has 1 aliphatic heterocycles. The number of nitrogens with one attached hydrogen (secondary N) is 1. The number of nitrogen functional groups attached to an aromatic ring is 1. The van der Waals surface area contributed by atoms with Gasteiger partial charge in [0.15, 0.2) is 0 Å². The fraction of sp³-hybridized carbons (Fsp3) is 0.333. The minimum absolute atomic E-state index is 0.0439. The fourth-order valence-corrected chi connectivity index (χ4v) is 3.25. The van der Waals surface area contributed by atoms with Crippen LogP contribution < -0.4 is 11.1 Å². The van der Waals surface area contributed by atoms with Crippen molar-refractivity contribution in [3.8, 4) is 0 Å². The molecule has 0 spiro atoms. The van der Waals surface area contributed by atoms with Crippen molar-refractivity contribution in [2.45, 2.75) is 26.3 Å². The molecule has 136 valence electrons. The van der Waals surface area contributed by atoms with E-state index in [1.807, 2.05) is 43.3 Å². The number of aryl methyl sites for hydroxylation is 1. The summed E-state index contributed by atoms with van der Waals surface area (Å²) in [5.41, 5.74) is 9.23. The second-order valence-electron chi connectivity index (χ2n) is 6.86. The largest absolute Gasteiger partial charge is 0.398 e. The first-order chi connectivity index (χ1) is 12.5. The Morgan fingerprint density at radius 1 is 1.08 bits per heavy atom. The van der Waals surface area contributed by atoms with E-state index in [0.29, 0.717) is 43.7 Å². The molecule has 1 aliphatic rings. The van der Waals surface area contributed by atoms with Crippen molar-refractivity contribution in [2.24, 2.45) is 5.92 Å². The number of nitrogens with zero attached hydrogens (tertiary/aromatic N) is 1. The normalized spacial score (nSPS) is 14.9. The quantitative estimate of drug-likeness (QED) is 0.832. The molecule has 0 bridgehead atoms. The zero-order valence-electron chi connectivity index (χ0n) is 15.1. The van der Waals surface area contributed by atoms with E-state index in [-0.39, 0.29) is 17.7 Å². The molecule has 1 saturated heterocycles. The van der Waals surface area contributed by atoms with Gasteiger partial charge in [-0.1, -0.05) is 42.0 Å². The first kappa shape index (κ1) is 18.0. The zero-order valence-corrected chi connectivity index (χ0v) is 15.1. The minimum atomic E-state index is -0.0541. The van der Waals surface area contributed by atoms with Crippen LogP contribution in [-0.2, 0) is 11.3 Å². The lowest BCUT2D eigenvalue weighted by Crippen LogP contribution is -2.43. The lowest BCUT2D eigenvalue weighted by atomic mass is 9.95. The summed E-state index contributed by atoms with van der Waals surface area (Å²) in [6.07, 6.45) is 1.36. The van der Waals surface area contributed by atoms with Crippen molar-refractivity contribution in [1.82, 2.24) is 10.2 Å². The predicted molar refractivity (Wildman–Crippen MR) is 103 cm³/mol. The molecule has 5 nitrogen and oxygen atoms in total. The van der Waals surface area contributed by atoms with Crippen LogP contribution in [0.1, 0.15) is 34.3 Å². The zero-order chi connectivity index (χ0) is 18.5. The second-order valence-corrected chi connectivity index (χ2v) is 6.86. The Balaban J connectivity index is 1.50. The van der Waals surface area contributed by atoms with Crippen LogP contribution >= 0.6 is 0 Å². The Kier molecular flexibility index (Phi) is 5.56. The number of carbonyl (C=O) groups is 2. The monoisotopic (exact) mass is 351 g/mol. The molecule has 0 saturated carbocycles. The van der Waals surface area contributed by atoms with Crippen molar-refractivity contribution in [3.05, 3.63) is 65.2 Å². The molecule has 1 heterocycles. The Morgan fingerprint density at radius 2 is 1.73 bits per heavy atom. The maximum absolute atomic E-state index is 12.6. The van der Waals surface area contributed by atoms with Gasteiger partial charge in [0.2, 0.25) is 5.91 Å². The van der Waals surface area contributed by atoms with E-state index in [1.54, 1.807) is 17.0 Å². The second kappa shape index (κ2) is 8.04. The van der Waals surface area contributed by atoms with E-state index >= 15 is 0 Å². The van der Waals surface area contributed by atoms with Gasteiger partial charge in [0.1, 0.15) is 0 Å². The molecule has 0 aliphatic carbocycles. The minimum Gasteiger partial charge on any atom is -0.398 e. The van der Waals surface area contributed by atoms with Gasteiger partial charge < -0.3 is 16.0 Å². The molecule has 2 aromatic rings. The smallest absolute Gasteiger partial charge is 0.255 e. The third kappa shape index (κ3) is 4.23. The molecule has 0 unspecified atom stereocenters. The highest BCUT2D eigenvalue weighted by molar-refractivity contribution is 5.99. The summed E-state index contributed by atoms with van der Waals surface area (Å²) in [5.74, 6) is -0.0314. The molecular weight excluding hydrogens is 326 g/mol. The van der Waals surface area contributed by atoms with E-state index in [9.17, 15) is 9.59 Å². The third-order valence-corrected chi connectivity index (χ3v) is 4.93. The third-order valence-electron chi connectivity index (χ3n) is 4.93. The van der Waals surface area contributed by atoms with Gasteiger partial charge >= 0.3 is 0 Å². The first-order valence-electron chi connectivity index (χ1n) is 9.01. The molecule has 2 amide bonds. The van der Waals surface area contributed by atoms with Crippen molar-refractivity contribution in [3.63, 3.8) is 0 Å². The highest BCUT2D eigenvalue weighted by Gasteiger charge is 2.28. The number of nitrogens with two attached hydrogens (primary N) is 1. The SMILES string of the molecule is Cc1ccc(CNC(=O)C2CCN(C(=O)c3ccccc3N)CC2)cc1. The molecule has 0 atom stereocenters. The maximum Gasteiger partial charge on any atom is 0.255 e. The van der Waals surface area contributed by atoms with Crippen LogP contribution in [-0.4, -0.2) is 29.8 Å². The standard InChI is InChI=1S/C21H25N3O2/c1-15-6-8-16(9-7-15)14-23-20(25)17-10-12-24(13-11-17)21(26)18-4-2-3-5-19(18)22/h2-9,17H,10-14,22H2,1H3,(H,23,25). The van der Waals surface area contributed by atoms with Crippen LogP contribution in [0.5, 0.6) is 0 Å². The average Bonchev–Trinajstić information content (AvgIpc) is 2.67. The molecule has 3 N–H and O–H groups in total. The summed E-state index contributed by atoms with van der Waals surface area (Å²) in [5, 5.41) is 3.01. The van der Waals surface area contributed by atoms with Crippen LogP contribution in [0.3, 0.4) is 0 Å². The van der Waals surface area contributed by atoms with Crippen molar-refractivity contribution >= 4 is 17.5 Å². The number of piperidine rings is 1. The molecule has 26 heavy (non-hydrogen) atoms. The fourth-order valence-electron chi connectivity index (χ4n) is 3.25. The van der Waals surface area contributed by atoms with Crippen molar-refractivity contribution in [1.29, 1.82) is 0 Å². The Labute approximate surface area is 154 Å². The highest BCUT2D eigenvalue weighted by atomic mass is 16.2. The van der Waals surface area contributed by atoms with Crippen LogP contribution in [0.15, 0.2) is 48.5 Å². The molecule has 0 radical (unpaired) electrons. The summed E-state index contributed by atoms with van der Waals surface area (Å²) in [6.45, 7) is 3.74. The van der Waals surface area contributed by atoms with Crippen LogP contribution in [0.2, 0.25) is 0 Å². The van der Waals surface area contributed by atoms with Gasteiger partial charge in [0.05, 0.1) is 5.56 Å². The summed E-state index contributed by atoms with van der Waals surface area (Å²) in [4.78, 5) is 26.8. The lowest BCUT2D eigenvalue weighted by Gasteiger charge is -2.31. The summed E-state index contributed by atoms with van der Waals surface area (Å²) < 4.78 is 0. The van der Waals surface area contributed by atoms with Crippen molar-refractivity contribution < 1.29 is 9.59 Å². The predicted octanol–water partition coefficient (Wildman–Crippen LogP) is 2.75. The Hall–Kier alpha value is -2.82. The van der Waals surface area contributed by atoms with Gasteiger partial charge in [-0.2, -0.15) is 0 Å². The van der Waals surface area contributed by atoms with Crippen LogP contribution in [0.4, 0.5) is 5.69 Å². The molecule has 2 aromatic carbocycles. The van der Waals surface area contributed by atoms with Crippen molar-refractivity contribution in [2.75, 3.05) is 18.8 Å². The maximum atomic E-state index is 12.6. The number of likely N-dealkylation sites (tertiary alicyclic amines) is 1. The van der Waals surface area contributed by atoms with E-state index in [0.717, 1.165) is 5.56 Å². The van der Waals surface area contributed by atoms with Gasteiger partial charge in [0.25, 0.3) is 5.91 Å². The number of para-hydroxylation sites is 1. The lowest BCUT2D eigenvalue weighted by molar-refractivity contribution is -0.126. The molecule has 1 fully saturated rings. The average molecular weight is 351 g/mol. The van der Waals surface area contributed by atoms with E-state index in [2.05, 4.69) is 5.32 Å². The molecular formula is C21H25N3O2. The van der Waals surface area contributed by atoms with E-state index in [1.165, 1.54) is 5.56 Å². The molecule has 5 heteroatoms. The number of hydrogen-bond donors (Lipinski definition) is 2. The number of amides is 2. The molecule has 3 rings (SSSR count). The number of rotatable bonds is 4.